The van der Waals surface area contributed by atoms with Crippen molar-refractivity contribution in [2.75, 3.05) is 26.4 Å². The number of benzene rings is 1. The first-order valence-corrected chi connectivity index (χ1v) is 10.4. The van der Waals surface area contributed by atoms with Gasteiger partial charge in [0.05, 0.1) is 37.0 Å². The lowest BCUT2D eigenvalue weighted by molar-refractivity contribution is -0.139. The summed E-state index contributed by atoms with van der Waals surface area (Å²) in [5.41, 5.74) is 7.91. The maximum atomic E-state index is 13.1. The zero-order chi connectivity index (χ0) is 21.0. The van der Waals surface area contributed by atoms with E-state index in [1.807, 2.05) is 25.1 Å². The molecule has 1 fully saturated rings. The maximum absolute atomic E-state index is 13.1. The molecule has 2 N–H and O–H groups in total. The first-order valence-electron chi connectivity index (χ1n) is 10.00. The standard InChI is InChI=1S/C22H27ClN2O4/c1-3-29-22(27)21-17(12-28-9-8-24)25-16-10-13(2)11-18(26)20(16)19(21)14-6-4-5-7-15(14)23/h4-7,13,19-20H,3,8-12,24H2,1-2H3. The number of nitrogens with zero attached hydrogens (tertiary/aromatic N) is 1. The van der Waals surface area contributed by atoms with Crippen LogP contribution in [0.3, 0.4) is 0 Å². The number of Topliss-reactive ketones (excluding diaryl/α,β-unsaturated/α-hetero) is 1. The van der Waals surface area contributed by atoms with E-state index in [9.17, 15) is 9.59 Å². The highest BCUT2D eigenvalue weighted by Crippen LogP contribution is 2.45. The maximum Gasteiger partial charge on any atom is 0.336 e. The number of aliphatic imine (C=N–C) groups is 1. The van der Waals surface area contributed by atoms with Crippen LogP contribution in [-0.4, -0.2) is 43.8 Å². The molecule has 0 saturated heterocycles. The van der Waals surface area contributed by atoms with E-state index in [0.29, 0.717) is 42.3 Å². The molecule has 7 heteroatoms. The fraction of sp³-hybridized carbons (Fsp3) is 0.500. The van der Waals surface area contributed by atoms with E-state index in [4.69, 9.17) is 31.8 Å². The molecule has 1 saturated carbocycles. The number of esters is 1. The number of ketones is 1. The molecule has 0 amide bonds. The Balaban J connectivity index is 2.18. The van der Waals surface area contributed by atoms with Crippen LogP contribution in [0.5, 0.6) is 0 Å². The molecule has 0 aromatic heterocycles. The van der Waals surface area contributed by atoms with Crippen molar-refractivity contribution in [3.05, 3.63) is 46.1 Å². The minimum atomic E-state index is -0.535. The van der Waals surface area contributed by atoms with Crippen molar-refractivity contribution in [3.8, 4) is 0 Å². The molecule has 3 atom stereocenters. The fourth-order valence-electron chi connectivity index (χ4n) is 4.16. The smallest absolute Gasteiger partial charge is 0.336 e. The average Bonchev–Trinajstić information content (AvgIpc) is 2.67. The predicted molar refractivity (Wildman–Crippen MR) is 112 cm³/mol. The molecule has 29 heavy (non-hydrogen) atoms. The first kappa shape index (κ1) is 21.7. The summed E-state index contributed by atoms with van der Waals surface area (Å²) >= 11 is 6.51. The van der Waals surface area contributed by atoms with Crippen LogP contribution in [0.2, 0.25) is 5.02 Å². The molecule has 2 aliphatic rings. The largest absolute Gasteiger partial charge is 0.463 e. The van der Waals surface area contributed by atoms with Gasteiger partial charge in [0.2, 0.25) is 0 Å². The predicted octanol–water partition coefficient (Wildman–Crippen LogP) is 3.29. The van der Waals surface area contributed by atoms with E-state index in [1.165, 1.54) is 0 Å². The Kier molecular flexibility index (Phi) is 7.22. The molecule has 156 valence electrons. The average molecular weight is 419 g/mol. The van der Waals surface area contributed by atoms with E-state index in [-0.39, 0.29) is 24.9 Å². The minimum absolute atomic E-state index is 0.0798. The number of carbonyl (C=O) groups excluding carboxylic acids is 2. The Morgan fingerprint density at radius 3 is 2.72 bits per heavy atom. The highest BCUT2D eigenvalue weighted by molar-refractivity contribution is 6.31. The molecule has 3 unspecified atom stereocenters. The molecule has 0 spiro atoms. The van der Waals surface area contributed by atoms with Crippen LogP contribution >= 0.6 is 11.6 Å². The van der Waals surface area contributed by atoms with Crippen LogP contribution in [0.15, 0.2) is 40.5 Å². The topological polar surface area (TPSA) is 91.0 Å². The van der Waals surface area contributed by atoms with Crippen molar-refractivity contribution in [2.45, 2.75) is 32.6 Å². The lowest BCUT2D eigenvalue weighted by atomic mass is 9.67. The second-order valence-corrected chi connectivity index (χ2v) is 7.89. The van der Waals surface area contributed by atoms with Crippen molar-refractivity contribution in [3.63, 3.8) is 0 Å². The van der Waals surface area contributed by atoms with Gasteiger partial charge in [0.25, 0.3) is 0 Å². The zero-order valence-corrected chi connectivity index (χ0v) is 17.6. The highest BCUT2D eigenvalue weighted by atomic mass is 35.5. The van der Waals surface area contributed by atoms with Gasteiger partial charge in [0, 0.05) is 29.6 Å². The number of rotatable bonds is 7. The van der Waals surface area contributed by atoms with Crippen molar-refractivity contribution in [1.82, 2.24) is 0 Å². The molecule has 0 radical (unpaired) electrons. The lowest BCUT2D eigenvalue weighted by Crippen LogP contribution is -2.41. The van der Waals surface area contributed by atoms with Gasteiger partial charge in [-0.25, -0.2) is 4.79 Å². The van der Waals surface area contributed by atoms with Gasteiger partial charge in [0.15, 0.2) is 0 Å². The fourth-order valence-corrected chi connectivity index (χ4v) is 4.42. The summed E-state index contributed by atoms with van der Waals surface area (Å²) in [4.78, 5) is 30.8. The van der Waals surface area contributed by atoms with Gasteiger partial charge in [-0.15, -0.1) is 0 Å². The van der Waals surface area contributed by atoms with Crippen molar-refractivity contribution in [1.29, 1.82) is 0 Å². The SMILES string of the molecule is CCOC(=O)C1=C(COCCN)N=C2CC(C)CC(=O)C2C1c1ccccc1Cl. The van der Waals surface area contributed by atoms with Crippen molar-refractivity contribution in [2.24, 2.45) is 22.6 Å². The molecular formula is C22H27ClN2O4. The summed E-state index contributed by atoms with van der Waals surface area (Å²) in [5.74, 6) is -1.25. The van der Waals surface area contributed by atoms with Gasteiger partial charge < -0.3 is 15.2 Å². The van der Waals surface area contributed by atoms with E-state index < -0.39 is 17.8 Å². The van der Waals surface area contributed by atoms with Crippen LogP contribution in [-0.2, 0) is 19.1 Å². The second kappa shape index (κ2) is 9.65. The van der Waals surface area contributed by atoms with Crippen molar-refractivity contribution < 1.29 is 19.1 Å². The highest BCUT2D eigenvalue weighted by Gasteiger charge is 2.46. The molecule has 1 aliphatic heterocycles. The number of nitrogens with two attached hydrogens (primary N) is 1. The van der Waals surface area contributed by atoms with Crippen LogP contribution in [0, 0.1) is 11.8 Å². The Bertz CT molecular complexity index is 849. The Labute approximate surface area is 176 Å². The molecule has 1 aromatic rings. The molecular weight excluding hydrogens is 392 g/mol. The van der Waals surface area contributed by atoms with Gasteiger partial charge >= 0.3 is 5.97 Å². The van der Waals surface area contributed by atoms with Crippen molar-refractivity contribution >= 4 is 29.1 Å². The third kappa shape index (κ3) is 4.60. The Hall–Kier alpha value is -2.02. The minimum Gasteiger partial charge on any atom is -0.463 e. The lowest BCUT2D eigenvalue weighted by Gasteiger charge is -2.38. The summed E-state index contributed by atoms with van der Waals surface area (Å²) in [6, 6.07) is 7.31. The van der Waals surface area contributed by atoms with Crippen LogP contribution in [0.4, 0.5) is 0 Å². The van der Waals surface area contributed by atoms with Crippen LogP contribution in [0.25, 0.3) is 0 Å². The Morgan fingerprint density at radius 2 is 2.03 bits per heavy atom. The van der Waals surface area contributed by atoms with Gasteiger partial charge in [0.1, 0.15) is 5.78 Å². The monoisotopic (exact) mass is 418 g/mol. The molecule has 0 bridgehead atoms. The number of hydrogen-bond donors (Lipinski definition) is 1. The summed E-state index contributed by atoms with van der Waals surface area (Å²) in [6.45, 7) is 4.85. The number of halogens is 1. The van der Waals surface area contributed by atoms with Gasteiger partial charge in [-0.3, -0.25) is 9.79 Å². The van der Waals surface area contributed by atoms with E-state index in [2.05, 4.69) is 0 Å². The first-order chi connectivity index (χ1) is 14.0. The van der Waals surface area contributed by atoms with E-state index in [0.717, 1.165) is 11.3 Å². The Morgan fingerprint density at radius 1 is 1.28 bits per heavy atom. The van der Waals surface area contributed by atoms with E-state index in [1.54, 1.807) is 13.0 Å². The molecule has 3 rings (SSSR count). The van der Waals surface area contributed by atoms with Gasteiger partial charge in [-0.2, -0.15) is 0 Å². The normalized spacial score (nSPS) is 24.2. The molecule has 6 nitrogen and oxygen atoms in total. The van der Waals surface area contributed by atoms with E-state index >= 15 is 0 Å². The summed E-state index contributed by atoms with van der Waals surface area (Å²) in [6.07, 6.45) is 1.16. The molecule has 1 aliphatic carbocycles. The summed E-state index contributed by atoms with van der Waals surface area (Å²) < 4.78 is 11.0. The third-order valence-corrected chi connectivity index (χ3v) is 5.63. The van der Waals surface area contributed by atoms with Crippen LogP contribution < -0.4 is 5.73 Å². The number of carbonyl (C=O) groups is 2. The summed E-state index contributed by atoms with van der Waals surface area (Å²) in [7, 11) is 0. The third-order valence-electron chi connectivity index (χ3n) is 5.28. The van der Waals surface area contributed by atoms with Gasteiger partial charge in [-0.05, 0) is 30.9 Å². The second-order valence-electron chi connectivity index (χ2n) is 7.48. The molecule has 1 heterocycles. The van der Waals surface area contributed by atoms with Crippen LogP contribution in [0.1, 0.15) is 38.2 Å². The number of hydrogen-bond acceptors (Lipinski definition) is 6. The number of ether oxygens (including phenoxy) is 2. The van der Waals surface area contributed by atoms with Gasteiger partial charge in [-0.1, -0.05) is 36.7 Å². The molecule has 1 aromatic carbocycles. The quantitative estimate of drug-likeness (QED) is 0.542. The summed E-state index contributed by atoms with van der Waals surface area (Å²) in [5, 5.41) is 0.509. The number of fused-ring (bicyclic) bond motifs is 1. The zero-order valence-electron chi connectivity index (χ0n) is 16.8.